The van der Waals surface area contributed by atoms with Crippen LogP contribution < -0.4 is 21.4 Å². The normalized spacial score (nSPS) is 11.7. The zero-order valence-electron chi connectivity index (χ0n) is 14.0. The van der Waals surface area contributed by atoms with Crippen molar-refractivity contribution >= 4 is 29.3 Å². The van der Waals surface area contributed by atoms with E-state index < -0.39 is 5.63 Å². The summed E-state index contributed by atoms with van der Waals surface area (Å²) in [4.78, 5) is 24.0. The molecule has 0 radical (unpaired) electrons. The van der Waals surface area contributed by atoms with Crippen LogP contribution in [0.2, 0.25) is 0 Å². The lowest BCUT2D eigenvalue weighted by Crippen LogP contribution is -2.38. The van der Waals surface area contributed by atoms with E-state index in [-0.39, 0.29) is 30.8 Å². The molecule has 7 heteroatoms. The number of benzene rings is 1. The van der Waals surface area contributed by atoms with E-state index in [2.05, 4.69) is 5.32 Å². The molecule has 1 aromatic heterocycles. The molecule has 0 aliphatic heterocycles. The highest BCUT2D eigenvalue weighted by Crippen LogP contribution is 2.24. The molecule has 1 amide bonds. The number of nitrogens with two attached hydrogens (primary N) is 1. The average molecular weight is 355 g/mol. The zero-order chi connectivity index (χ0) is 17.0. The molecule has 3 N–H and O–H groups in total. The Balaban J connectivity index is 0.00000288. The van der Waals surface area contributed by atoms with Crippen LogP contribution in [0.25, 0.3) is 11.0 Å². The highest BCUT2D eigenvalue weighted by Gasteiger charge is 2.14. The second kappa shape index (κ2) is 8.70. The number of hydrogen-bond donors (Lipinski definition) is 2. The molecule has 24 heavy (non-hydrogen) atoms. The molecule has 6 nitrogen and oxygen atoms in total. The van der Waals surface area contributed by atoms with Gasteiger partial charge in [-0.1, -0.05) is 0 Å². The number of methoxy groups -OCH3 is 1. The second-order valence-electron chi connectivity index (χ2n) is 5.56. The van der Waals surface area contributed by atoms with Gasteiger partial charge in [0.15, 0.2) is 0 Å². The van der Waals surface area contributed by atoms with Crippen LogP contribution in [0.5, 0.6) is 5.75 Å². The van der Waals surface area contributed by atoms with Crippen molar-refractivity contribution in [1.82, 2.24) is 5.32 Å². The maximum absolute atomic E-state index is 12.2. The topological polar surface area (TPSA) is 94.6 Å². The van der Waals surface area contributed by atoms with Crippen LogP contribution in [0.15, 0.2) is 27.4 Å². The fourth-order valence-electron chi connectivity index (χ4n) is 2.44. The number of carbonyl (C=O) groups excluding carboxylic acids is 1. The van der Waals surface area contributed by atoms with E-state index in [1.807, 2.05) is 26.0 Å². The largest absolute Gasteiger partial charge is 0.497 e. The molecule has 0 aliphatic carbocycles. The molecule has 1 heterocycles. The maximum Gasteiger partial charge on any atom is 0.339 e. The highest BCUT2D eigenvalue weighted by molar-refractivity contribution is 5.85. The van der Waals surface area contributed by atoms with Gasteiger partial charge >= 0.3 is 5.63 Å². The summed E-state index contributed by atoms with van der Waals surface area (Å²) in [7, 11) is 1.56. The number of rotatable bonds is 6. The SMILES string of the molecule is COc1ccc2c(C)c(CCC(=O)N[C@@H](C)CN)c(=O)oc2c1.Cl. The molecule has 0 bridgehead atoms. The van der Waals surface area contributed by atoms with Gasteiger partial charge in [0.2, 0.25) is 5.91 Å². The molecular formula is C17H23ClN2O4. The van der Waals surface area contributed by atoms with Crippen molar-refractivity contribution in [3.05, 3.63) is 39.7 Å². The van der Waals surface area contributed by atoms with Crippen molar-refractivity contribution in [2.75, 3.05) is 13.7 Å². The number of ether oxygens (including phenoxy) is 1. The summed E-state index contributed by atoms with van der Waals surface area (Å²) in [6.07, 6.45) is 0.552. The van der Waals surface area contributed by atoms with Crippen LogP contribution in [-0.2, 0) is 11.2 Å². The Bertz CT molecular complexity index is 773. The van der Waals surface area contributed by atoms with Gasteiger partial charge < -0.3 is 20.2 Å². The molecule has 0 aliphatic rings. The Kier molecular flexibility index (Phi) is 7.25. The Morgan fingerprint density at radius 3 is 2.75 bits per heavy atom. The van der Waals surface area contributed by atoms with E-state index in [4.69, 9.17) is 14.9 Å². The Morgan fingerprint density at radius 1 is 1.42 bits per heavy atom. The molecule has 2 aromatic rings. The van der Waals surface area contributed by atoms with Crippen LogP contribution in [-0.4, -0.2) is 25.6 Å². The minimum Gasteiger partial charge on any atom is -0.497 e. The van der Waals surface area contributed by atoms with Crippen molar-refractivity contribution in [2.45, 2.75) is 32.7 Å². The Morgan fingerprint density at radius 2 is 2.12 bits per heavy atom. The molecule has 0 unspecified atom stereocenters. The van der Waals surface area contributed by atoms with Crippen molar-refractivity contribution in [1.29, 1.82) is 0 Å². The van der Waals surface area contributed by atoms with Gasteiger partial charge in [0.05, 0.1) is 7.11 Å². The summed E-state index contributed by atoms with van der Waals surface area (Å²) in [5.74, 6) is 0.500. The minimum atomic E-state index is -0.414. The highest BCUT2D eigenvalue weighted by atomic mass is 35.5. The van der Waals surface area contributed by atoms with Crippen LogP contribution in [0, 0.1) is 6.92 Å². The van der Waals surface area contributed by atoms with E-state index in [9.17, 15) is 9.59 Å². The number of carbonyl (C=O) groups is 1. The first-order valence-electron chi connectivity index (χ1n) is 7.56. The first-order chi connectivity index (χ1) is 11.0. The molecule has 2 rings (SSSR count). The van der Waals surface area contributed by atoms with Gasteiger partial charge in [0, 0.05) is 36.0 Å². The van der Waals surface area contributed by atoms with Gasteiger partial charge in [0.1, 0.15) is 11.3 Å². The first kappa shape index (κ1) is 20.0. The first-order valence-corrected chi connectivity index (χ1v) is 7.56. The lowest BCUT2D eigenvalue weighted by atomic mass is 10.0. The molecule has 1 aromatic carbocycles. The second-order valence-corrected chi connectivity index (χ2v) is 5.56. The van der Waals surface area contributed by atoms with Crippen molar-refractivity contribution in [3.8, 4) is 5.75 Å². The van der Waals surface area contributed by atoms with Crippen LogP contribution in [0.4, 0.5) is 0 Å². The zero-order valence-corrected chi connectivity index (χ0v) is 14.9. The van der Waals surface area contributed by atoms with Crippen LogP contribution in [0.1, 0.15) is 24.5 Å². The molecule has 0 fully saturated rings. The van der Waals surface area contributed by atoms with E-state index in [1.54, 1.807) is 13.2 Å². The summed E-state index contributed by atoms with van der Waals surface area (Å²) in [5.41, 5.74) is 6.90. The maximum atomic E-state index is 12.2. The smallest absolute Gasteiger partial charge is 0.339 e. The summed E-state index contributed by atoms with van der Waals surface area (Å²) >= 11 is 0. The average Bonchev–Trinajstić information content (AvgIpc) is 2.53. The van der Waals surface area contributed by atoms with Crippen molar-refractivity contribution < 1.29 is 13.9 Å². The summed E-state index contributed by atoms with van der Waals surface area (Å²) in [6.45, 7) is 4.08. The van der Waals surface area contributed by atoms with Gasteiger partial charge in [-0.15, -0.1) is 12.4 Å². The number of amides is 1. The molecular weight excluding hydrogens is 332 g/mol. The molecule has 0 spiro atoms. The van der Waals surface area contributed by atoms with Gasteiger partial charge in [0.25, 0.3) is 0 Å². The lowest BCUT2D eigenvalue weighted by Gasteiger charge is -2.12. The lowest BCUT2D eigenvalue weighted by molar-refractivity contribution is -0.121. The van der Waals surface area contributed by atoms with Gasteiger partial charge in [-0.25, -0.2) is 4.79 Å². The van der Waals surface area contributed by atoms with E-state index >= 15 is 0 Å². The van der Waals surface area contributed by atoms with E-state index in [1.165, 1.54) is 0 Å². The fourth-order valence-corrected chi connectivity index (χ4v) is 2.44. The standard InChI is InChI=1S/C17H22N2O4.ClH/c1-10(9-18)19-16(20)7-6-14-11(2)13-5-4-12(22-3)8-15(13)23-17(14)21;/h4-5,8,10H,6-7,9,18H2,1-3H3,(H,19,20);1H/t10-;/m0./s1. The summed E-state index contributed by atoms with van der Waals surface area (Å²) in [5, 5.41) is 3.62. The monoisotopic (exact) mass is 354 g/mol. The minimum absolute atomic E-state index is 0. The number of aryl methyl sites for hydroxylation is 1. The third-order valence-corrected chi connectivity index (χ3v) is 3.86. The quantitative estimate of drug-likeness (QED) is 0.773. The molecule has 0 saturated carbocycles. The number of fused-ring (bicyclic) bond motifs is 1. The Hall–Kier alpha value is -2.05. The van der Waals surface area contributed by atoms with Gasteiger partial charge in [-0.05, 0) is 38.0 Å². The van der Waals surface area contributed by atoms with Crippen LogP contribution >= 0.6 is 12.4 Å². The number of hydrogen-bond acceptors (Lipinski definition) is 5. The predicted molar refractivity (Wildman–Crippen MR) is 96.0 cm³/mol. The summed E-state index contributed by atoms with van der Waals surface area (Å²) < 4.78 is 10.5. The van der Waals surface area contributed by atoms with E-state index in [0.29, 0.717) is 29.9 Å². The predicted octanol–water partition coefficient (Wildman–Crippen LogP) is 1.93. The van der Waals surface area contributed by atoms with Gasteiger partial charge in [-0.3, -0.25) is 4.79 Å². The third kappa shape index (κ3) is 4.49. The van der Waals surface area contributed by atoms with E-state index in [0.717, 1.165) is 10.9 Å². The Labute approximate surface area is 146 Å². The number of halogens is 1. The fraction of sp³-hybridized carbons (Fsp3) is 0.412. The molecule has 1 atom stereocenters. The number of nitrogens with one attached hydrogen (secondary N) is 1. The van der Waals surface area contributed by atoms with Crippen molar-refractivity contribution in [2.24, 2.45) is 5.73 Å². The third-order valence-electron chi connectivity index (χ3n) is 3.86. The summed E-state index contributed by atoms with van der Waals surface area (Å²) in [6, 6.07) is 5.27. The van der Waals surface area contributed by atoms with Gasteiger partial charge in [-0.2, -0.15) is 0 Å². The van der Waals surface area contributed by atoms with Crippen LogP contribution in [0.3, 0.4) is 0 Å². The molecule has 0 saturated heterocycles. The van der Waals surface area contributed by atoms with Crippen molar-refractivity contribution in [3.63, 3.8) is 0 Å². The molecule has 132 valence electrons.